The van der Waals surface area contributed by atoms with Crippen LogP contribution in [-0.2, 0) is 0 Å². The number of nitro groups is 1. The Morgan fingerprint density at radius 2 is 2.17 bits per heavy atom. The molecule has 98 valence electrons. The van der Waals surface area contributed by atoms with E-state index in [1.165, 1.54) is 18.2 Å². The maximum atomic E-state index is 10.8. The van der Waals surface area contributed by atoms with Gasteiger partial charge in [0, 0.05) is 17.2 Å². The van der Waals surface area contributed by atoms with Crippen molar-refractivity contribution in [3.8, 4) is 5.75 Å². The zero-order valence-corrected chi connectivity index (χ0v) is 10.9. The average molecular weight is 270 g/mol. The molecule has 1 aromatic carbocycles. The Morgan fingerprint density at radius 1 is 1.39 bits per heavy atom. The van der Waals surface area contributed by atoms with E-state index in [-0.39, 0.29) is 11.4 Å². The average Bonchev–Trinajstić information content (AvgIpc) is 2.33. The molecule has 5 heteroatoms. The summed E-state index contributed by atoms with van der Waals surface area (Å²) in [6.45, 7) is 4.10. The largest absolute Gasteiger partial charge is 0.487 e. The first-order valence-electron chi connectivity index (χ1n) is 5.83. The molecule has 0 aliphatic heterocycles. The number of unbranched alkanes of at least 4 members (excludes halogenated alkanes) is 3. The van der Waals surface area contributed by atoms with Gasteiger partial charge in [0.25, 0.3) is 0 Å². The van der Waals surface area contributed by atoms with E-state index in [0.29, 0.717) is 11.6 Å². The quantitative estimate of drug-likeness (QED) is 0.305. The van der Waals surface area contributed by atoms with Crippen molar-refractivity contribution >= 4 is 17.3 Å². The lowest BCUT2D eigenvalue weighted by molar-refractivity contribution is -0.385. The standard InChI is InChI=1S/C13H16ClNO3/c1-2-3-4-5-6-9-18-13-10-11(14)7-8-12(13)15(16)17/h2,7-8,10H,1,3-6,9H2. The van der Waals surface area contributed by atoms with Crippen LogP contribution in [0.5, 0.6) is 5.75 Å². The number of ether oxygens (including phenoxy) is 1. The normalized spacial score (nSPS) is 10.1. The molecular formula is C13H16ClNO3. The number of hydrogen-bond donors (Lipinski definition) is 0. The van der Waals surface area contributed by atoms with Gasteiger partial charge in [0.05, 0.1) is 11.5 Å². The highest BCUT2D eigenvalue weighted by Crippen LogP contribution is 2.30. The molecule has 0 heterocycles. The number of allylic oxidation sites excluding steroid dienone is 1. The predicted octanol–water partition coefficient (Wildman–Crippen LogP) is 4.37. The van der Waals surface area contributed by atoms with Crippen molar-refractivity contribution in [2.24, 2.45) is 0 Å². The highest BCUT2D eigenvalue weighted by molar-refractivity contribution is 6.30. The number of rotatable bonds is 8. The van der Waals surface area contributed by atoms with Gasteiger partial charge in [-0.15, -0.1) is 6.58 Å². The Kier molecular flexibility index (Phi) is 6.22. The van der Waals surface area contributed by atoms with E-state index in [1.54, 1.807) is 0 Å². The summed E-state index contributed by atoms with van der Waals surface area (Å²) in [7, 11) is 0. The second-order valence-corrected chi connectivity index (χ2v) is 4.29. The first kappa shape index (κ1) is 14.5. The smallest absolute Gasteiger partial charge is 0.311 e. The fourth-order valence-electron chi connectivity index (χ4n) is 1.50. The zero-order valence-electron chi connectivity index (χ0n) is 10.1. The monoisotopic (exact) mass is 269 g/mol. The molecule has 0 N–H and O–H groups in total. The summed E-state index contributed by atoms with van der Waals surface area (Å²) in [5, 5.41) is 11.2. The van der Waals surface area contributed by atoms with Crippen molar-refractivity contribution in [3.63, 3.8) is 0 Å². The Hall–Kier alpha value is -1.55. The molecule has 1 aromatic rings. The van der Waals surface area contributed by atoms with Crippen molar-refractivity contribution in [2.45, 2.75) is 25.7 Å². The Bertz CT molecular complexity index is 421. The summed E-state index contributed by atoms with van der Waals surface area (Å²) < 4.78 is 5.41. The maximum absolute atomic E-state index is 10.8. The lowest BCUT2D eigenvalue weighted by Crippen LogP contribution is -2.00. The van der Waals surface area contributed by atoms with Gasteiger partial charge in [0.1, 0.15) is 0 Å². The van der Waals surface area contributed by atoms with E-state index in [4.69, 9.17) is 16.3 Å². The minimum atomic E-state index is -0.469. The SMILES string of the molecule is C=CCCCCCOc1cc(Cl)ccc1[N+](=O)[O-]. The van der Waals surface area contributed by atoms with Crippen LogP contribution in [0, 0.1) is 10.1 Å². The molecule has 0 aliphatic carbocycles. The van der Waals surface area contributed by atoms with E-state index in [1.807, 2.05) is 6.08 Å². The molecule has 0 radical (unpaired) electrons. The summed E-state index contributed by atoms with van der Waals surface area (Å²) in [6.07, 6.45) is 5.79. The zero-order chi connectivity index (χ0) is 13.4. The number of halogens is 1. The molecule has 4 nitrogen and oxygen atoms in total. The van der Waals surface area contributed by atoms with E-state index in [0.717, 1.165) is 25.7 Å². The van der Waals surface area contributed by atoms with Crippen LogP contribution in [0.3, 0.4) is 0 Å². The van der Waals surface area contributed by atoms with Crippen LogP contribution in [0.2, 0.25) is 5.02 Å². The van der Waals surface area contributed by atoms with Crippen LogP contribution in [0.1, 0.15) is 25.7 Å². The third kappa shape index (κ3) is 4.75. The number of nitro benzene ring substituents is 1. The van der Waals surface area contributed by atoms with Gasteiger partial charge in [-0.1, -0.05) is 17.7 Å². The molecule has 0 atom stereocenters. The summed E-state index contributed by atoms with van der Waals surface area (Å²) in [6, 6.07) is 4.31. The van der Waals surface area contributed by atoms with Gasteiger partial charge in [-0.3, -0.25) is 10.1 Å². The van der Waals surface area contributed by atoms with E-state index in [2.05, 4.69) is 6.58 Å². The van der Waals surface area contributed by atoms with Gasteiger partial charge >= 0.3 is 5.69 Å². The Balaban J connectivity index is 2.47. The molecule has 0 aromatic heterocycles. The molecule has 0 amide bonds. The second kappa shape index (κ2) is 7.71. The van der Waals surface area contributed by atoms with Crippen molar-refractivity contribution in [2.75, 3.05) is 6.61 Å². The number of nitrogens with zero attached hydrogens (tertiary/aromatic N) is 1. The van der Waals surface area contributed by atoms with Crippen molar-refractivity contribution in [1.82, 2.24) is 0 Å². The third-order valence-corrected chi connectivity index (χ3v) is 2.66. The molecule has 0 aliphatic rings. The minimum absolute atomic E-state index is 0.0505. The van der Waals surface area contributed by atoms with Gasteiger partial charge in [-0.2, -0.15) is 0 Å². The number of hydrogen-bond acceptors (Lipinski definition) is 3. The molecule has 0 saturated heterocycles. The lowest BCUT2D eigenvalue weighted by Gasteiger charge is -2.06. The highest BCUT2D eigenvalue weighted by atomic mass is 35.5. The minimum Gasteiger partial charge on any atom is -0.487 e. The van der Waals surface area contributed by atoms with E-state index >= 15 is 0 Å². The lowest BCUT2D eigenvalue weighted by atomic mass is 10.2. The first-order chi connectivity index (χ1) is 8.65. The summed E-state index contributed by atoms with van der Waals surface area (Å²) >= 11 is 5.79. The fourth-order valence-corrected chi connectivity index (χ4v) is 1.67. The van der Waals surface area contributed by atoms with E-state index in [9.17, 15) is 10.1 Å². The maximum Gasteiger partial charge on any atom is 0.311 e. The number of benzene rings is 1. The molecule has 0 fully saturated rings. The topological polar surface area (TPSA) is 52.4 Å². The fraction of sp³-hybridized carbons (Fsp3) is 0.385. The van der Waals surface area contributed by atoms with E-state index < -0.39 is 4.92 Å². The van der Waals surface area contributed by atoms with Crippen molar-refractivity contribution < 1.29 is 9.66 Å². The van der Waals surface area contributed by atoms with Crippen LogP contribution < -0.4 is 4.74 Å². The first-order valence-corrected chi connectivity index (χ1v) is 6.20. The van der Waals surface area contributed by atoms with Crippen LogP contribution in [0.25, 0.3) is 0 Å². The van der Waals surface area contributed by atoms with Gasteiger partial charge < -0.3 is 4.74 Å². The Morgan fingerprint density at radius 3 is 2.83 bits per heavy atom. The van der Waals surface area contributed by atoms with Gasteiger partial charge in [0.15, 0.2) is 5.75 Å². The molecule has 18 heavy (non-hydrogen) atoms. The molecule has 0 unspecified atom stereocenters. The second-order valence-electron chi connectivity index (χ2n) is 3.86. The van der Waals surface area contributed by atoms with Crippen molar-refractivity contribution in [3.05, 3.63) is 46.0 Å². The molecule has 0 spiro atoms. The van der Waals surface area contributed by atoms with Crippen LogP contribution >= 0.6 is 11.6 Å². The molecular weight excluding hydrogens is 254 g/mol. The molecule has 1 rings (SSSR count). The van der Waals surface area contributed by atoms with Crippen molar-refractivity contribution in [1.29, 1.82) is 0 Å². The molecule has 0 saturated carbocycles. The summed E-state index contributed by atoms with van der Waals surface area (Å²) in [5.41, 5.74) is -0.0505. The summed E-state index contributed by atoms with van der Waals surface area (Å²) in [5.74, 6) is 0.233. The summed E-state index contributed by atoms with van der Waals surface area (Å²) in [4.78, 5) is 10.3. The van der Waals surface area contributed by atoms with Crippen LogP contribution in [-0.4, -0.2) is 11.5 Å². The predicted molar refractivity (Wildman–Crippen MR) is 72.3 cm³/mol. The van der Waals surface area contributed by atoms with Gasteiger partial charge in [-0.05, 0) is 31.7 Å². The molecule has 0 bridgehead atoms. The Labute approximate surface area is 111 Å². The van der Waals surface area contributed by atoms with Gasteiger partial charge in [-0.25, -0.2) is 0 Å². The van der Waals surface area contributed by atoms with Crippen LogP contribution in [0.4, 0.5) is 5.69 Å². The highest BCUT2D eigenvalue weighted by Gasteiger charge is 2.14. The third-order valence-electron chi connectivity index (χ3n) is 2.43. The van der Waals surface area contributed by atoms with Gasteiger partial charge in [0.2, 0.25) is 0 Å². The van der Waals surface area contributed by atoms with Crippen LogP contribution in [0.15, 0.2) is 30.9 Å².